The Kier molecular flexibility index (Phi) is 5.25. The molecule has 92 valence electrons. The van der Waals surface area contributed by atoms with Gasteiger partial charge in [-0.3, -0.25) is 4.68 Å². The van der Waals surface area contributed by atoms with E-state index in [1.807, 2.05) is 18.5 Å². The molecule has 4 nitrogen and oxygen atoms in total. The van der Waals surface area contributed by atoms with Crippen LogP contribution in [-0.4, -0.2) is 36.6 Å². The Bertz CT molecular complexity index is 338. The fourth-order valence-corrected chi connectivity index (χ4v) is 1.77. The molecule has 1 heterocycles. The van der Waals surface area contributed by atoms with Gasteiger partial charge in [-0.2, -0.15) is 5.10 Å². The van der Waals surface area contributed by atoms with Crippen LogP contribution in [-0.2, 0) is 4.74 Å². The van der Waals surface area contributed by atoms with Crippen LogP contribution in [0, 0.1) is 13.8 Å². The predicted octanol–water partition coefficient (Wildman–Crippen LogP) is 1.95. The highest BCUT2D eigenvalue weighted by Crippen LogP contribution is 2.21. The first kappa shape index (κ1) is 13.5. The van der Waals surface area contributed by atoms with Gasteiger partial charge in [-0.25, -0.2) is 0 Å². The maximum Gasteiger partial charge on any atom is 0.0844 e. The first-order valence-corrected chi connectivity index (χ1v) is 5.86. The van der Waals surface area contributed by atoms with Gasteiger partial charge < -0.3 is 10.1 Å². The van der Waals surface area contributed by atoms with Crippen LogP contribution in [0.1, 0.15) is 24.4 Å². The number of hydrogen-bond acceptors (Lipinski definition) is 3. The van der Waals surface area contributed by atoms with Gasteiger partial charge in [-0.15, -0.1) is 0 Å². The van der Waals surface area contributed by atoms with Crippen LogP contribution < -0.4 is 5.32 Å². The van der Waals surface area contributed by atoms with Crippen molar-refractivity contribution < 1.29 is 4.74 Å². The molecule has 1 atom stereocenters. The number of hydrogen-bond donors (Lipinski definition) is 1. The summed E-state index contributed by atoms with van der Waals surface area (Å²) in [5, 5.41) is 8.50. The number of aryl methyl sites for hydroxylation is 1. The number of nitrogens with zero attached hydrogens (tertiary/aromatic N) is 2. The van der Waals surface area contributed by atoms with Gasteiger partial charge >= 0.3 is 0 Å². The highest BCUT2D eigenvalue weighted by Gasteiger charge is 2.13. The van der Waals surface area contributed by atoms with E-state index in [1.54, 1.807) is 7.11 Å². The summed E-state index contributed by atoms with van der Waals surface area (Å²) in [6, 6.07) is 0.294. The molecule has 1 aromatic heterocycles. The van der Waals surface area contributed by atoms with Gasteiger partial charge in [-0.1, -0.05) is 11.6 Å². The fourth-order valence-electron chi connectivity index (χ4n) is 1.64. The van der Waals surface area contributed by atoms with E-state index >= 15 is 0 Å². The normalized spacial score (nSPS) is 13.1. The average Bonchev–Trinajstić information content (AvgIpc) is 2.52. The average molecular weight is 246 g/mol. The zero-order chi connectivity index (χ0) is 12.1. The van der Waals surface area contributed by atoms with Crippen molar-refractivity contribution in [2.45, 2.75) is 26.8 Å². The van der Waals surface area contributed by atoms with Crippen molar-refractivity contribution in [3.05, 3.63) is 16.4 Å². The summed E-state index contributed by atoms with van der Waals surface area (Å²) in [4.78, 5) is 0. The van der Waals surface area contributed by atoms with E-state index in [9.17, 15) is 0 Å². The van der Waals surface area contributed by atoms with E-state index in [0.29, 0.717) is 6.04 Å². The summed E-state index contributed by atoms with van der Waals surface area (Å²) < 4.78 is 6.94. The van der Waals surface area contributed by atoms with E-state index in [1.165, 1.54) is 0 Å². The Balaban J connectivity index is 2.52. The number of aromatic nitrogens is 2. The van der Waals surface area contributed by atoms with E-state index in [4.69, 9.17) is 16.3 Å². The molecule has 0 aromatic carbocycles. The zero-order valence-corrected chi connectivity index (χ0v) is 11.1. The summed E-state index contributed by atoms with van der Waals surface area (Å²) in [6.45, 7) is 8.49. The molecule has 0 aliphatic carbocycles. The molecular weight excluding hydrogens is 226 g/mol. The summed E-state index contributed by atoms with van der Waals surface area (Å²) >= 11 is 6.10. The lowest BCUT2D eigenvalue weighted by Gasteiger charge is -2.15. The molecule has 0 saturated carbocycles. The minimum absolute atomic E-state index is 0.294. The molecule has 0 fully saturated rings. The van der Waals surface area contributed by atoms with Crippen molar-refractivity contribution in [3.63, 3.8) is 0 Å². The van der Waals surface area contributed by atoms with Gasteiger partial charge in [0, 0.05) is 20.2 Å². The first-order chi connectivity index (χ1) is 7.57. The van der Waals surface area contributed by atoms with Gasteiger partial charge in [0.05, 0.1) is 29.1 Å². The highest BCUT2D eigenvalue weighted by atomic mass is 35.5. The molecule has 0 bridgehead atoms. The second-order valence-corrected chi connectivity index (χ2v) is 4.35. The summed E-state index contributed by atoms with van der Waals surface area (Å²) in [6.07, 6.45) is 0. The number of halogens is 1. The van der Waals surface area contributed by atoms with Crippen LogP contribution in [0.25, 0.3) is 0 Å². The SMILES string of the molecule is COCCNCC(C)n1nc(C)c(Cl)c1C. The maximum absolute atomic E-state index is 6.10. The van der Waals surface area contributed by atoms with E-state index in [2.05, 4.69) is 17.3 Å². The third kappa shape index (κ3) is 3.20. The molecule has 0 aliphatic heterocycles. The third-order valence-electron chi connectivity index (χ3n) is 2.58. The molecule has 1 aromatic rings. The molecule has 0 saturated heterocycles. The monoisotopic (exact) mass is 245 g/mol. The topological polar surface area (TPSA) is 39.1 Å². The lowest BCUT2D eigenvalue weighted by molar-refractivity contribution is 0.198. The molecule has 16 heavy (non-hydrogen) atoms. The van der Waals surface area contributed by atoms with Crippen molar-refractivity contribution in [3.8, 4) is 0 Å². The van der Waals surface area contributed by atoms with Crippen LogP contribution in [0.3, 0.4) is 0 Å². The number of rotatable bonds is 6. The van der Waals surface area contributed by atoms with Crippen LogP contribution in [0.2, 0.25) is 5.02 Å². The van der Waals surface area contributed by atoms with E-state index < -0.39 is 0 Å². The smallest absolute Gasteiger partial charge is 0.0844 e. The van der Waals surface area contributed by atoms with Crippen molar-refractivity contribution in [1.82, 2.24) is 15.1 Å². The van der Waals surface area contributed by atoms with E-state index in [-0.39, 0.29) is 0 Å². The Morgan fingerprint density at radius 3 is 2.69 bits per heavy atom. The van der Waals surface area contributed by atoms with Gasteiger partial charge in [-0.05, 0) is 20.8 Å². The first-order valence-electron chi connectivity index (χ1n) is 5.48. The molecule has 0 aliphatic rings. The molecule has 0 spiro atoms. The van der Waals surface area contributed by atoms with Gasteiger partial charge in [0.15, 0.2) is 0 Å². The summed E-state index contributed by atoms with van der Waals surface area (Å²) in [5.41, 5.74) is 1.92. The van der Waals surface area contributed by atoms with Crippen LogP contribution >= 0.6 is 11.6 Å². The number of nitrogens with one attached hydrogen (secondary N) is 1. The van der Waals surface area contributed by atoms with Crippen molar-refractivity contribution in [2.75, 3.05) is 26.8 Å². The largest absolute Gasteiger partial charge is 0.383 e. The minimum atomic E-state index is 0.294. The Labute approximate surface area is 102 Å². The second kappa shape index (κ2) is 6.23. The molecular formula is C11H20ClN3O. The predicted molar refractivity (Wildman–Crippen MR) is 66.2 cm³/mol. The summed E-state index contributed by atoms with van der Waals surface area (Å²) in [7, 11) is 1.70. The standard InChI is InChI=1S/C11H20ClN3O/c1-8(7-13-5-6-16-4)15-10(3)11(12)9(2)14-15/h8,13H,5-7H2,1-4H3. The number of methoxy groups -OCH3 is 1. The molecule has 1 rings (SSSR count). The van der Waals surface area contributed by atoms with Gasteiger partial charge in [0.2, 0.25) is 0 Å². The quantitative estimate of drug-likeness (QED) is 0.779. The third-order valence-corrected chi connectivity index (χ3v) is 3.12. The lowest BCUT2D eigenvalue weighted by Crippen LogP contribution is -2.27. The zero-order valence-electron chi connectivity index (χ0n) is 10.4. The van der Waals surface area contributed by atoms with Crippen LogP contribution in [0.4, 0.5) is 0 Å². The Morgan fingerprint density at radius 1 is 1.50 bits per heavy atom. The van der Waals surface area contributed by atoms with Crippen LogP contribution in [0.5, 0.6) is 0 Å². The van der Waals surface area contributed by atoms with Gasteiger partial charge in [0.1, 0.15) is 0 Å². The van der Waals surface area contributed by atoms with Crippen LogP contribution in [0.15, 0.2) is 0 Å². The highest BCUT2D eigenvalue weighted by molar-refractivity contribution is 6.31. The van der Waals surface area contributed by atoms with Crippen molar-refractivity contribution in [1.29, 1.82) is 0 Å². The maximum atomic E-state index is 6.10. The Morgan fingerprint density at radius 2 is 2.19 bits per heavy atom. The molecule has 0 amide bonds. The Hall–Kier alpha value is -0.580. The number of ether oxygens (including phenoxy) is 1. The fraction of sp³-hybridized carbons (Fsp3) is 0.727. The molecule has 1 N–H and O–H groups in total. The molecule has 1 unspecified atom stereocenters. The van der Waals surface area contributed by atoms with Gasteiger partial charge in [0.25, 0.3) is 0 Å². The van der Waals surface area contributed by atoms with Crippen molar-refractivity contribution >= 4 is 11.6 Å². The second-order valence-electron chi connectivity index (χ2n) is 3.98. The lowest BCUT2D eigenvalue weighted by atomic mass is 10.3. The van der Waals surface area contributed by atoms with E-state index in [0.717, 1.165) is 36.1 Å². The minimum Gasteiger partial charge on any atom is -0.383 e. The molecule has 0 radical (unpaired) electrons. The molecule has 5 heteroatoms. The van der Waals surface area contributed by atoms with Crippen molar-refractivity contribution in [2.24, 2.45) is 0 Å². The summed E-state index contributed by atoms with van der Waals surface area (Å²) in [5.74, 6) is 0.